The Hall–Kier alpha value is 2.00. The normalized spacial score (nSPS) is 33.0. The molecule has 4 rings (SSSR count). The van der Waals surface area contributed by atoms with Crippen molar-refractivity contribution in [2.75, 3.05) is 0 Å². The Morgan fingerprint density at radius 2 is 1.25 bits per heavy atom. The zero-order valence-electron chi connectivity index (χ0n) is 8.28. The van der Waals surface area contributed by atoms with Gasteiger partial charge in [-0.2, -0.15) is 0 Å². The van der Waals surface area contributed by atoms with E-state index < -0.39 is 0 Å². The number of thioether (sulfide) groups is 2. The van der Waals surface area contributed by atoms with E-state index in [4.69, 9.17) is 0 Å². The molecule has 0 unspecified atom stereocenters. The summed E-state index contributed by atoms with van der Waals surface area (Å²) in [5.41, 5.74) is 0. The first-order valence-electron chi connectivity index (χ1n) is 5.08. The monoisotopic (exact) mass is 512 g/mol. The van der Waals surface area contributed by atoms with Crippen molar-refractivity contribution in [2.45, 2.75) is 23.5 Å². The topological polar surface area (TPSA) is 0 Å². The molecule has 0 aromatic heterocycles. The van der Waals surface area contributed by atoms with E-state index in [2.05, 4.69) is 23.5 Å². The summed E-state index contributed by atoms with van der Waals surface area (Å²) in [6.07, 6.45) is 2.85. The molecule has 0 spiro atoms. The molecule has 4 aliphatic heterocycles. The van der Waals surface area contributed by atoms with E-state index in [0.717, 1.165) is 59.8 Å². The SMILES string of the molecule is C1CC2=C([Se]1)[Se]/C(=C1\SC3=C([Se]CC3)[Se]1)S2. The number of hydrogen-bond acceptors (Lipinski definition) is 2. The van der Waals surface area contributed by atoms with Gasteiger partial charge >= 0.3 is 131 Å². The van der Waals surface area contributed by atoms with Crippen LogP contribution >= 0.6 is 23.5 Å². The van der Waals surface area contributed by atoms with E-state index in [1.165, 1.54) is 23.5 Å². The Kier molecular flexibility index (Phi) is 3.56. The molecule has 0 saturated heterocycles. The van der Waals surface area contributed by atoms with Gasteiger partial charge in [-0.3, -0.25) is 0 Å². The third kappa shape index (κ3) is 2.04. The first-order chi connectivity index (χ1) is 7.90. The predicted octanol–water partition coefficient (Wildman–Crippen LogP) is 2.41. The van der Waals surface area contributed by atoms with Crippen molar-refractivity contribution in [2.24, 2.45) is 0 Å². The maximum absolute atomic E-state index is 2.19. The van der Waals surface area contributed by atoms with Crippen molar-refractivity contribution in [3.8, 4) is 0 Å². The molecule has 4 aliphatic rings. The molecule has 0 aromatic carbocycles. The van der Waals surface area contributed by atoms with Crippen LogP contribution in [0.5, 0.6) is 0 Å². The molecular weight excluding hydrogens is 500 g/mol. The molecule has 6 heteroatoms. The molecule has 84 valence electrons. The first kappa shape index (κ1) is 11.8. The summed E-state index contributed by atoms with van der Waals surface area (Å²) in [4.78, 5) is 3.60. The van der Waals surface area contributed by atoms with Crippen molar-refractivity contribution >= 4 is 83.4 Å². The van der Waals surface area contributed by atoms with Crippen molar-refractivity contribution in [3.05, 3.63) is 24.2 Å². The summed E-state index contributed by atoms with van der Waals surface area (Å²) < 4.78 is 7.49. The second-order valence-electron chi connectivity index (χ2n) is 3.60. The molecule has 0 atom stereocenters. The van der Waals surface area contributed by atoms with E-state index in [9.17, 15) is 0 Å². The van der Waals surface area contributed by atoms with Gasteiger partial charge < -0.3 is 0 Å². The van der Waals surface area contributed by atoms with Crippen LogP contribution < -0.4 is 0 Å². The van der Waals surface area contributed by atoms with Gasteiger partial charge in [0, 0.05) is 0 Å². The van der Waals surface area contributed by atoms with E-state index in [1.807, 2.05) is 14.3 Å². The number of rotatable bonds is 0. The maximum atomic E-state index is 2.19. The van der Waals surface area contributed by atoms with Crippen LogP contribution in [0, 0.1) is 0 Å². The van der Waals surface area contributed by atoms with Crippen LogP contribution in [0.1, 0.15) is 12.8 Å². The van der Waals surface area contributed by atoms with Gasteiger partial charge in [0.2, 0.25) is 0 Å². The van der Waals surface area contributed by atoms with Gasteiger partial charge in [0.05, 0.1) is 0 Å². The third-order valence-electron chi connectivity index (χ3n) is 2.55. The molecule has 16 heavy (non-hydrogen) atoms. The molecule has 0 aromatic rings. The van der Waals surface area contributed by atoms with Gasteiger partial charge in [0.1, 0.15) is 0 Å². The van der Waals surface area contributed by atoms with Crippen LogP contribution in [0.15, 0.2) is 24.2 Å². The average Bonchev–Trinajstić information content (AvgIpc) is 2.94. The van der Waals surface area contributed by atoms with Gasteiger partial charge in [-0.25, -0.2) is 0 Å². The summed E-state index contributed by atoms with van der Waals surface area (Å²) >= 11 is 7.71. The Balaban J connectivity index is 1.56. The van der Waals surface area contributed by atoms with Gasteiger partial charge in [0.15, 0.2) is 0 Å². The van der Waals surface area contributed by atoms with Crippen LogP contribution in [-0.4, -0.2) is 59.8 Å². The van der Waals surface area contributed by atoms with E-state index in [-0.39, 0.29) is 0 Å². The summed E-state index contributed by atoms with van der Waals surface area (Å²) in [7, 11) is 0. The van der Waals surface area contributed by atoms with Gasteiger partial charge in [-0.1, -0.05) is 0 Å². The van der Waals surface area contributed by atoms with Crippen LogP contribution in [0.2, 0.25) is 10.6 Å². The van der Waals surface area contributed by atoms with E-state index in [1.54, 1.807) is 9.81 Å². The molecule has 0 fully saturated rings. The molecule has 0 N–H and O–H groups in total. The molecular formula is C10H8S2Se4. The summed E-state index contributed by atoms with van der Waals surface area (Å²) in [5, 5.41) is 3.01. The Morgan fingerprint density at radius 1 is 0.750 bits per heavy atom. The fourth-order valence-electron chi connectivity index (χ4n) is 1.80. The summed E-state index contributed by atoms with van der Waals surface area (Å²) in [5.74, 6) is 0. The third-order valence-corrected chi connectivity index (χ3v) is 20.8. The summed E-state index contributed by atoms with van der Waals surface area (Å²) in [6, 6.07) is 0. The standard InChI is InChI=1S/C10H8S2Se4/c1-3-13-9-5(1)11-7(15-9)8-12-6-2-4-14-10(6)16-8/h1-4H2/b8-7+. The van der Waals surface area contributed by atoms with E-state index in [0.29, 0.717) is 0 Å². The molecule has 0 nitrogen and oxygen atoms in total. The van der Waals surface area contributed by atoms with Crippen LogP contribution in [-0.2, 0) is 0 Å². The zero-order valence-corrected chi connectivity index (χ0v) is 16.8. The number of hydrogen-bond donors (Lipinski definition) is 0. The quantitative estimate of drug-likeness (QED) is 0.462. The van der Waals surface area contributed by atoms with Crippen LogP contribution in [0.4, 0.5) is 0 Å². The number of allylic oxidation sites excluding steroid dienone is 2. The van der Waals surface area contributed by atoms with Crippen molar-refractivity contribution in [1.82, 2.24) is 0 Å². The second-order valence-corrected chi connectivity index (χ2v) is 18.5. The average molecular weight is 508 g/mol. The van der Waals surface area contributed by atoms with Gasteiger partial charge in [0.25, 0.3) is 0 Å². The van der Waals surface area contributed by atoms with Gasteiger partial charge in [-0.15, -0.1) is 0 Å². The molecule has 0 amide bonds. The minimum atomic E-state index is 0.771. The van der Waals surface area contributed by atoms with Crippen molar-refractivity contribution < 1.29 is 0 Å². The molecule has 4 heterocycles. The van der Waals surface area contributed by atoms with Crippen LogP contribution in [0.25, 0.3) is 0 Å². The molecule has 0 aliphatic carbocycles. The Bertz CT molecular complexity index is 385. The second kappa shape index (κ2) is 4.83. The first-order valence-corrected chi connectivity index (χ1v) is 14.3. The van der Waals surface area contributed by atoms with Crippen molar-refractivity contribution in [1.29, 1.82) is 0 Å². The Labute approximate surface area is 129 Å². The van der Waals surface area contributed by atoms with Gasteiger partial charge in [-0.05, 0) is 0 Å². The predicted molar refractivity (Wildman–Crippen MR) is 78.1 cm³/mol. The minimum absolute atomic E-state index is 0.771. The van der Waals surface area contributed by atoms with Crippen molar-refractivity contribution in [3.63, 3.8) is 0 Å². The fourth-order valence-corrected chi connectivity index (χ4v) is 22.1. The molecule has 0 saturated carbocycles. The van der Waals surface area contributed by atoms with Crippen LogP contribution in [0.3, 0.4) is 0 Å². The molecule has 0 bridgehead atoms. The Morgan fingerprint density at radius 3 is 1.69 bits per heavy atom. The summed E-state index contributed by atoms with van der Waals surface area (Å²) in [6.45, 7) is 0. The van der Waals surface area contributed by atoms with E-state index >= 15 is 0 Å². The fraction of sp³-hybridized carbons (Fsp3) is 0.400. The molecule has 0 radical (unpaired) electrons. The zero-order chi connectivity index (χ0) is 10.5.